The van der Waals surface area contributed by atoms with Crippen LogP contribution in [0.25, 0.3) is 0 Å². The number of nitrogens with zero attached hydrogens (tertiary/aromatic N) is 2. The molecule has 0 saturated carbocycles. The number of esters is 1. The zero-order chi connectivity index (χ0) is 7.56. The number of aromatic nitrogens is 2. The molecular weight excluding hydrogens is 132 g/mol. The van der Waals surface area contributed by atoms with Gasteiger partial charge in [-0.05, 0) is 0 Å². The molecule has 1 aromatic rings. The molecule has 0 aliphatic heterocycles. The molecule has 1 rings (SSSR count). The van der Waals surface area contributed by atoms with Crippen LogP contribution < -0.4 is 0 Å². The molecule has 0 bridgehead atoms. The molecular formula is C6H7N2O2. The minimum Gasteiger partial charge on any atom is -0.464 e. The van der Waals surface area contributed by atoms with Crippen molar-refractivity contribution in [2.24, 2.45) is 7.05 Å². The predicted molar refractivity (Wildman–Crippen MR) is 33.4 cm³/mol. The van der Waals surface area contributed by atoms with E-state index in [1.807, 2.05) is 0 Å². The van der Waals surface area contributed by atoms with Gasteiger partial charge in [-0.25, -0.2) is 9.78 Å². The first-order valence-corrected chi connectivity index (χ1v) is 2.73. The minimum atomic E-state index is -0.392. The normalized spacial score (nSPS) is 9.40. The van der Waals surface area contributed by atoms with Gasteiger partial charge in [-0.1, -0.05) is 0 Å². The van der Waals surface area contributed by atoms with E-state index in [4.69, 9.17) is 0 Å². The fraction of sp³-hybridized carbons (Fsp3) is 0.333. The number of aryl methyl sites for hydroxylation is 1. The van der Waals surface area contributed by atoms with Gasteiger partial charge < -0.3 is 9.30 Å². The van der Waals surface area contributed by atoms with Crippen LogP contribution in [0.15, 0.2) is 6.20 Å². The summed E-state index contributed by atoms with van der Waals surface area (Å²) in [7, 11) is 3.01. The average molecular weight is 139 g/mol. The lowest BCUT2D eigenvalue weighted by molar-refractivity contribution is 0.0590. The SMILES string of the molecule is COC(=O)c1cn[c]n1C. The van der Waals surface area contributed by atoms with Crippen molar-refractivity contribution in [1.82, 2.24) is 9.55 Å². The largest absolute Gasteiger partial charge is 0.464 e. The number of methoxy groups -OCH3 is 1. The Morgan fingerprint density at radius 3 is 3.00 bits per heavy atom. The van der Waals surface area contributed by atoms with Crippen LogP contribution in [0.2, 0.25) is 0 Å². The summed E-state index contributed by atoms with van der Waals surface area (Å²) in [5.41, 5.74) is 0.405. The minimum absolute atomic E-state index is 0.392. The zero-order valence-electron chi connectivity index (χ0n) is 5.79. The standard InChI is InChI=1S/C6H7N2O2/c1-8-4-7-3-5(8)6(9)10-2/h3H,1-2H3. The highest BCUT2D eigenvalue weighted by Gasteiger charge is 2.08. The summed E-state index contributed by atoms with van der Waals surface area (Å²) in [6.07, 6.45) is 3.96. The van der Waals surface area contributed by atoms with Crippen molar-refractivity contribution in [2.75, 3.05) is 7.11 Å². The van der Waals surface area contributed by atoms with Crippen LogP contribution in [0, 0.1) is 6.33 Å². The Morgan fingerprint density at radius 1 is 1.90 bits per heavy atom. The average Bonchev–Trinajstić information content (AvgIpc) is 2.34. The highest BCUT2D eigenvalue weighted by molar-refractivity contribution is 5.87. The first kappa shape index (κ1) is 6.80. The third-order valence-corrected chi connectivity index (χ3v) is 1.15. The molecule has 0 amide bonds. The second-order valence-corrected chi connectivity index (χ2v) is 1.79. The number of hydrogen-bond donors (Lipinski definition) is 0. The van der Waals surface area contributed by atoms with E-state index in [9.17, 15) is 4.79 Å². The van der Waals surface area contributed by atoms with Crippen molar-refractivity contribution in [3.63, 3.8) is 0 Å². The maximum Gasteiger partial charge on any atom is 0.356 e. The molecule has 0 unspecified atom stereocenters. The number of hydrogen-bond acceptors (Lipinski definition) is 3. The molecule has 0 aliphatic carbocycles. The van der Waals surface area contributed by atoms with E-state index in [0.717, 1.165) is 0 Å². The highest BCUT2D eigenvalue weighted by Crippen LogP contribution is 1.96. The van der Waals surface area contributed by atoms with E-state index in [-0.39, 0.29) is 0 Å². The second kappa shape index (κ2) is 2.51. The van der Waals surface area contributed by atoms with Crippen LogP contribution in [0.4, 0.5) is 0 Å². The molecule has 53 valence electrons. The second-order valence-electron chi connectivity index (χ2n) is 1.79. The molecule has 0 atom stereocenters. The predicted octanol–water partition coefficient (Wildman–Crippen LogP) is 0.00689. The summed E-state index contributed by atoms with van der Waals surface area (Å²) < 4.78 is 5.93. The lowest BCUT2D eigenvalue weighted by Crippen LogP contribution is -2.06. The number of carbonyl (C=O) groups excluding carboxylic acids is 1. The summed E-state index contributed by atoms with van der Waals surface area (Å²) in [4.78, 5) is 14.4. The Morgan fingerprint density at radius 2 is 2.60 bits per heavy atom. The first-order chi connectivity index (χ1) is 4.75. The Bertz CT molecular complexity index is 242. The van der Waals surface area contributed by atoms with E-state index in [2.05, 4.69) is 16.0 Å². The van der Waals surface area contributed by atoms with Gasteiger partial charge in [-0.2, -0.15) is 0 Å². The third-order valence-electron chi connectivity index (χ3n) is 1.15. The molecule has 0 saturated heterocycles. The molecule has 1 heterocycles. The maximum absolute atomic E-state index is 10.8. The van der Waals surface area contributed by atoms with Crippen LogP contribution in [-0.4, -0.2) is 22.6 Å². The fourth-order valence-electron chi connectivity index (χ4n) is 0.611. The highest BCUT2D eigenvalue weighted by atomic mass is 16.5. The molecule has 4 heteroatoms. The molecule has 0 fully saturated rings. The van der Waals surface area contributed by atoms with E-state index < -0.39 is 5.97 Å². The monoisotopic (exact) mass is 139 g/mol. The zero-order valence-corrected chi connectivity index (χ0v) is 5.79. The van der Waals surface area contributed by atoms with Crippen molar-refractivity contribution in [2.45, 2.75) is 0 Å². The molecule has 1 aromatic heterocycles. The van der Waals surface area contributed by atoms with Gasteiger partial charge in [0.1, 0.15) is 5.69 Å². The Labute approximate surface area is 58.4 Å². The number of rotatable bonds is 1. The van der Waals surface area contributed by atoms with Crippen LogP contribution >= 0.6 is 0 Å². The molecule has 0 aromatic carbocycles. The fourth-order valence-corrected chi connectivity index (χ4v) is 0.611. The van der Waals surface area contributed by atoms with Gasteiger partial charge in [-0.15, -0.1) is 0 Å². The van der Waals surface area contributed by atoms with Gasteiger partial charge in [0.05, 0.1) is 13.3 Å². The lowest BCUT2D eigenvalue weighted by atomic mass is 10.5. The third kappa shape index (κ3) is 1.00. The smallest absolute Gasteiger partial charge is 0.356 e. The molecule has 0 N–H and O–H groups in total. The van der Waals surface area contributed by atoms with Crippen molar-refractivity contribution in [3.05, 3.63) is 18.2 Å². The van der Waals surface area contributed by atoms with Crippen molar-refractivity contribution < 1.29 is 9.53 Å². The van der Waals surface area contributed by atoms with Gasteiger partial charge in [0.25, 0.3) is 0 Å². The van der Waals surface area contributed by atoms with Gasteiger partial charge in [0.15, 0.2) is 6.33 Å². The van der Waals surface area contributed by atoms with Gasteiger partial charge >= 0.3 is 5.97 Å². The number of imidazole rings is 1. The maximum atomic E-state index is 10.8. The molecule has 4 nitrogen and oxygen atoms in total. The van der Waals surface area contributed by atoms with Crippen LogP contribution in [0.1, 0.15) is 10.5 Å². The van der Waals surface area contributed by atoms with E-state index in [0.29, 0.717) is 5.69 Å². The Kier molecular flexibility index (Phi) is 1.71. The summed E-state index contributed by atoms with van der Waals surface area (Å²) in [6.45, 7) is 0. The van der Waals surface area contributed by atoms with E-state index in [1.165, 1.54) is 17.9 Å². The first-order valence-electron chi connectivity index (χ1n) is 2.73. The van der Waals surface area contributed by atoms with Crippen molar-refractivity contribution in [1.29, 1.82) is 0 Å². The van der Waals surface area contributed by atoms with Gasteiger partial charge in [0, 0.05) is 7.05 Å². The topological polar surface area (TPSA) is 44.1 Å². The molecule has 10 heavy (non-hydrogen) atoms. The van der Waals surface area contributed by atoms with Crippen molar-refractivity contribution >= 4 is 5.97 Å². The number of ether oxygens (including phenoxy) is 1. The summed E-state index contributed by atoms with van der Waals surface area (Å²) in [5.74, 6) is -0.392. The summed E-state index contributed by atoms with van der Waals surface area (Å²) in [5, 5.41) is 0. The van der Waals surface area contributed by atoms with Gasteiger partial charge in [-0.3, -0.25) is 0 Å². The quantitative estimate of drug-likeness (QED) is 0.514. The Balaban J connectivity index is 2.93. The van der Waals surface area contributed by atoms with Crippen LogP contribution in [0.5, 0.6) is 0 Å². The van der Waals surface area contributed by atoms with E-state index >= 15 is 0 Å². The van der Waals surface area contributed by atoms with Crippen LogP contribution in [0.3, 0.4) is 0 Å². The van der Waals surface area contributed by atoms with Crippen LogP contribution in [-0.2, 0) is 11.8 Å². The summed E-state index contributed by atoms with van der Waals surface area (Å²) >= 11 is 0. The van der Waals surface area contributed by atoms with E-state index in [1.54, 1.807) is 7.05 Å². The molecule has 0 spiro atoms. The molecule has 1 radical (unpaired) electrons. The van der Waals surface area contributed by atoms with Gasteiger partial charge in [0.2, 0.25) is 0 Å². The summed E-state index contributed by atoms with van der Waals surface area (Å²) in [6, 6.07) is 0. The number of carbonyl (C=O) groups is 1. The lowest BCUT2D eigenvalue weighted by Gasteiger charge is -1.96. The Hall–Kier alpha value is -1.32. The van der Waals surface area contributed by atoms with Crippen molar-refractivity contribution in [3.8, 4) is 0 Å². The molecule has 0 aliphatic rings.